The van der Waals surface area contributed by atoms with E-state index in [1.165, 1.54) is 11.3 Å². The number of ketones is 1. The zero-order chi connectivity index (χ0) is 9.84. The molecule has 1 aromatic rings. The summed E-state index contributed by atoms with van der Waals surface area (Å²) in [5.74, 6) is 0.00278. The highest BCUT2D eigenvalue weighted by molar-refractivity contribution is 7.12. The van der Waals surface area contributed by atoms with E-state index < -0.39 is 0 Å². The monoisotopic (exact) mass is 193 g/mol. The molecule has 0 aliphatic carbocycles. The molecule has 1 heterocycles. The van der Waals surface area contributed by atoms with Crippen LogP contribution in [0.3, 0.4) is 0 Å². The van der Waals surface area contributed by atoms with Gasteiger partial charge in [0.15, 0.2) is 5.78 Å². The van der Waals surface area contributed by atoms with Crippen molar-refractivity contribution in [3.05, 3.63) is 34.5 Å². The second-order valence-corrected chi connectivity index (χ2v) is 3.78. The Labute approximate surface area is 81.4 Å². The maximum absolute atomic E-state index is 11.4. The molecule has 13 heavy (non-hydrogen) atoms. The van der Waals surface area contributed by atoms with Gasteiger partial charge in [-0.25, -0.2) is 0 Å². The van der Waals surface area contributed by atoms with E-state index in [1.54, 1.807) is 13.0 Å². The third-order valence-electron chi connectivity index (χ3n) is 1.65. The summed E-state index contributed by atoms with van der Waals surface area (Å²) in [6.45, 7) is 5.36. The Balaban J connectivity index is 2.62. The van der Waals surface area contributed by atoms with Gasteiger partial charge in [-0.15, -0.1) is 11.3 Å². The number of thiophene rings is 1. The second-order valence-electron chi connectivity index (χ2n) is 2.84. The van der Waals surface area contributed by atoms with Crippen LogP contribution in [0.2, 0.25) is 0 Å². The minimum atomic E-state index is 0.00278. The molecular formula is C10H11NOS. The lowest BCUT2D eigenvalue weighted by Gasteiger charge is -1.99. The SMILES string of the molecule is C=C(C)C(=N)CC(=O)c1cccs1. The highest BCUT2D eigenvalue weighted by Crippen LogP contribution is 2.12. The number of nitrogens with one attached hydrogen (secondary N) is 1. The largest absolute Gasteiger partial charge is 0.305 e. The topological polar surface area (TPSA) is 40.9 Å². The fourth-order valence-electron chi connectivity index (χ4n) is 0.836. The molecule has 1 N–H and O–H groups in total. The summed E-state index contributed by atoms with van der Waals surface area (Å²) in [7, 11) is 0. The first-order chi connectivity index (χ1) is 6.11. The van der Waals surface area contributed by atoms with Crippen LogP contribution in [-0.4, -0.2) is 11.5 Å². The third kappa shape index (κ3) is 2.63. The summed E-state index contributed by atoms with van der Waals surface area (Å²) in [6, 6.07) is 3.61. The van der Waals surface area contributed by atoms with Crippen molar-refractivity contribution in [2.24, 2.45) is 0 Å². The summed E-state index contributed by atoms with van der Waals surface area (Å²) < 4.78 is 0. The van der Waals surface area contributed by atoms with E-state index in [-0.39, 0.29) is 12.2 Å². The van der Waals surface area contributed by atoms with E-state index in [1.807, 2.05) is 11.4 Å². The first kappa shape index (κ1) is 9.86. The highest BCUT2D eigenvalue weighted by atomic mass is 32.1. The Morgan fingerprint density at radius 3 is 2.85 bits per heavy atom. The van der Waals surface area contributed by atoms with E-state index in [0.29, 0.717) is 16.2 Å². The summed E-state index contributed by atoms with van der Waals surface area (Å²) in [5, 5.41) is 9.32. The number of hydrogen-bond donors (Lipinski definition) is 1. The first-order valence-corrected chi connectivity index (χ1v) is 4.79. The zero-order valence-electron chi connectivity index (χ0n) is 7.46. The molecule has 0 aliphatic rings. The van der Waals surface area contributed by atoms with Gasteiger partial charge < -0.3 is 5.41 Å². The summed E-state index contributed by atoms with van der Waals surface area (Å²) >= 11 is 1.41. The first-order valence-electron chi connectivity index (χ1n) is 3.91. The molecule has 0 aromatic carbocycles. The number of carbonyl (C=O) groups excluding carboxylic acids is 1. The van der Waals surface area contributed by atoms with Gasteiger partial charge in [0.2, 0.25) is 0 Å². The van der Waals surface area contributed by atoms with E-state index in [2.05, 4.69) is 6.58 Å². The van der Waals surface area contributed by atoms with Crippen molar-refractivity contribution in [3.63, 3.8) is 0 Å². The van der Waals surface area contributed by atoms with E-state index in [9.17, 15) is 4.79 Å². The predicted octanol–water partition coefficient (Wildman–Crippen LogP) is 2.92. The summed E-state index contributed by atoms with van der Waals surface area (Å²) in [5.41, 5.74) is 0.975. The average molecular weight is 193 g/mol. The van der Waals surface area contributed by atoms with Gasteiger partial charge in [-0.3, -0.25) is 4.79 Å². The second kappa shape index (κ2) is 4.14. The number of Topliss-reactive ketones (excluding diaryl/α,β-unsaturated/α-hetero) is 1. The van der Waals surface area contributed by atoms with Crippen molar-refractivity contribution >= 4 is 22.8 Å². The molecule has 0 atom stereocenters. The number of allylic oxidation sites excluding steroid dienone is 1. The Bertz CT molecular complexity index is 338. The van der Waals surface area contributed by atoms with E-state index in [0.717, 1.165) is 0 Å². The van der Waals surface area contributed by atoms with Crippen LogP contribution in [-0.2, 0) is 0 Å². The van der Waals surface area contributed by atoms with Gasteiger partial charge in [-0.05, 0) is 23.9 Å². The number of carbonyl (C=O) groups is 1. The fourth-order valence-corrected chi connectivity index (χ4v) is 1.50. The Morgan fingerprint density at radius 2 is 2.38 bits per heavy atom. The van der Waals surface area contributed by atoms with Crippen molar-refractivity contribution in [2.45, 2.75) is 13.3 Å². The van der Waals surface area contributed by atoms with E-state index >= 15 is 0 Å². The molecule has 0 bridgehead atoms. The van der Waals surface area contributed by atoms with Gasteiger partial charge in [0, 0.05) is 5.71 Å². The maximum atomic E-state index is 11.4. The fraction of sp³-hybridized carbons (Fsp3) is 0.200. The van der Waals surface area contributed by atoms with Gasteiger partial charge in [0.05, 0.1) is 11.3 Å². The lowest BCUT2D eigenvalue weighted by molar-refractivity contribution is 0.100. The van der Waals surface area contributed by atoms with Crippen LogP contribution in [0.1, 0.15) is 23.0 Å². The van der Waals surface area contributed by atoms with Crippen LogP contribution in [0.4, 0.5) is 0 Å². The molecule has 3 heteroatoms. The summed E-state index contributed by atoms with van der Waals surface area (Å²) in [6.07, 6.45) is 0.163. The molecule has 0 radical (unpaired) electrons. The van der Waals surface area contributed by atoms with Gasteiger partial charge in [-0.2, -0.15) is 0 Å². The highest BCUT2D eigenvalue weighted by Gasteiger charge is 2.09. The maximum Gasteiger partial charge on any atom is 0.178 e. The summed E-state index contributed by atoms with van der Waals surface area (Å²) in [4.78, 5) is 12.2. The molecule has 0 aliphatic heterocycles. The Hall–Kier alpha value is -1.22. The predicted molar refractivity (Wildman–Crippen MR) is 55.8 cm³/mol. The zero-order valence-corrected chi connectivity index (χ0v) is 8.28. The van der Waals surface area contributed by atoms with Crippen LogP contribution in [0.5, 0.6) is 0 Å². The van der Waals surface area contributed by atoms with Crippen LogP contribution in [0.15, 0.2) is 29.7 Å². The van der Waals surface area contributed by atoms with Gasteiger partial charge in [0.25, 0.3) is 0 Å². The molecule has 0 fully saturated rings. The molecule has 0 saturated heterocycles. The average Bonchev–Trinajstić information content (AvgIpc) is 2.55. The molecule has 0 amide bonds. The van der Waals surface area contributed by atoms with Crippen LogP contribution in [0, 0.1) is 5.41 Å². The van der Waals surface area contributed by atoms with Crippen LogP contribution >= 0.6 is 11.3 Å². The molecular weight excluding hydrogens is 182 g/mol. The molecule has 2 nitrogen and oxygen atoms in total. The normalized spacial score (nSPS) is 9.62. The van der Waals surface area contributed by atoms with Gasteiger partial charge in [0.1, 0.15) is 0 Å². The lowest BCUT2D eigenvalue weighted by Crippen LogP contribution is -2.06. The molecule has 1 aromatic heterocycles. The van der Waals surface area contributed by atoms with E-state index in [4.69, 9.17) is 5.41 Å². The molecule has 1 rings (SSSR count). The molecule has 68 valence electrons. The molecule has 0 spiro atoms. The lowest BCUT2D eigenvalue weighted by atomic mass is 10.1. The molecule has 0 saturated carbocycles. The quantitative estimate of drug-likeness (QED) is 0.579. The Morgan fingerprint density at radius 1 is 1.69 bits per heavy atom. The van der Waals surface area contributed by atoms with Gasteiger partial charge >= 0.3 is 0 Å². The Kier molecular flexibility index (Phi) is 3.14. The number of rotatable bonds is 4. The van der Waals surface area contributed by atoms with Crippen molar-refractivity contribution in [1.29, 1.82) is 5.41 Å². The molecule has 0 unspecified atom stereocenters. The van der Waals surface area contributed by atoms with Crippen molar-refractivity contribution in [3.8, 4) is 0 Å². The standard InChI is InChI=1S/C10H11NOS/c1-7(2)8(11)6-9(12)10-4-3-5-13-10/h3-5,11H,1,6H2,2H3. The van der Waals surface area contributed by atoms with Crippen molar-refractivity contribution < 1.29 is 4.79 Å². The minimum absolute atomic E-state index is 0.00278. The van der Waals surface area contributed by atoms with Crippen LogP contribution in [0.25, 0.3) is 0 Å². The van der Waals surface area contributed by atoms with Crippen molar-refractivity contribution in [2.75, 3.05) is 0 Å². The smallest absolute Gasteiger partial charge is 0.178 e. The van der Waals surface area contributed by atoms with Gasteiger partial charge in [-0.1, -0.05) is 12.6 Å². The minimum Gasteiger partial charge on any atom is -0.305 e. The van der Waals surface area contributed by atoms with Crippen LogP contribution < -0.4 is 0 Å². The van der Waals surface area contributed by atoms with Crippen molar-refractivity contribution in [1.82, 2.24) is 0 Å². The third-order valence-corrected chi connectivity index (χ3v) is 2.56. The number of hydrogen-bond acceptors (Lipinski definition) is 3.